The van der Waals surface area contributed by atoms with Gasteiger partial charge in [0.1, 0.15) is 0 Å². The molecular formula is C42H31O6P. The molecule has 6 rings (SSSR count). The number of benzene rings is 6. The van der Waals surface area contributed by atoms with Gasteiger partial charge in [0.25, 0.3) is 0 Å². The first-order chi connectivity index (χ1) is 23.8. The summed E-state index contributed by atoms with van der Waals surface area (Å²) in [6, 6.07) is 49.9. The van der Waals surface area contributed by atoms with Crippen molar-refractivity contribution in [3.05, 3.63) is 209 Å². The smallest absolute Gasteiger partial charge is 0.234 e. The van der Waals surface area contributed by atoms with Gasteiger partial charge in [-0.15, -0.1) is 9.24 Å². The molecule has 7 heteroatoms. The van der Waals surface area contributed by atoms with E-state index >= 15 is 0 Å². The minimum atomic E-state index is -0.472. The molecule has 0 amide bonds. The Morgan fingerprint density at radius 1 is 0.265 bits per heavy atom. The van der Waals surface area contributed by atoms with Gasteiger partial charge in [-0.2, -0.15) is 0 Å². The summed E-state index contributed by atoms with van der Waals surface area (Å²) < 4.78 is 0. The monoisotopic (exact) mass is 662 g/mol. The van der Waals surface area contributed by atoms with Crippen molar-refractivity contribution in [3.63, 3.8) is 0 Å². The zero-order valence-corrected chi connectivity index (χ0v) is 27.4. The van der Waals surface area contributed by atoms with E-state index in [1.165, 1.54) is 0 Å². The lowest BCUT2D eigenvalue weighted by Crippen LogP contribution is -2.19. The number of hydrogen-bond acceptors (Lipinski definition) is 6. The third-order valence-corrected chi connectivity index (χ3v) is 7.51. The maximum absolute atomic E-state index is 12.0. The van der Waals surface area contributed by atoms with E-state index in [0.717, 1.165) is 5.30 Å². The summed E-state index contributed by atoms with van der Waals surface area (Å²) in [4.78, 5) is 71.1. The molecule has 0 heterocycles. The number of ketones is 6. The lowest BCUT2D eigenvalue weighted by atomic mass is 10.0. The standard InChI is InChI=1S/C14H11O2P.2C14H10O2/c15-13(10-6-2-1-3-7-10)14(16)11-8-4-5-9-12(11)17;2*15-13(11-7-3-1-4-8-11)14(16)12-9-5-2-6-10-12/h1-9H,17H2;2*1-10H. The molecule has 0 saturated heterocycles. The highest BCUT2D eigenvalue weighted by molar-refractivity contribution is 7.27. The third-order valence-electron chi connectivity index (χ3n) is 7.00. The number of hydrogen-bond donors (Lipinski definition) is 0. The Labute approximate surface area is 286 Å². The largest absolute Gasteiger partial charge is 0.285 e. The van der Waals surface area contributed by atoms with Crippen LogP contribution in [-0.4, -0.2) is 34.7 Å². The second kappa shape index (κ2) is 18.2. The minimum Gasteiger partial charge on any atom is -0.285 e. The van der Waals surface area contributed by atoms with E-state index < -0.39 is 34.7 Å². The van der Waals surface area contributed by atoms with Crippen LogP contribution in [0.2, 0.25) is 0 Å². The van der Waals surface area contributed by atoms with Crippen LogP contribution in [0.5, 0.6) is 0 Å². The molecule has 49 heavy (non-hydrogen) atoms. The van der Waals surface area contributed by atoms with Gasteiger partial charge in [-0.3, -0.25) is 28.8 Å². The van der Waals surface area contributed by atoms with Crippen LogP contribution in [0.4, 0.5) is 0 Å². The summed E-state index contributed by atoms with van der Waals surface area (Å²) >= 11 is 0. The minimum absolute atomic E-state index is 0.422. The zero-order valence-electron chi connectivity index (χ0n) is 26.3. The molecule has 0 saturated carbocycles. The van der Waals surface area contributed by atoms with Gasteiger partial charge < -0.3 is 0 Å². The van der Waals surface area contributed by atoms with Crippen molar-refractivity contribution in [2.24, 2.45) is 0 Å². The average molecular weight is 663 g/mol. The van der Waals surface area contributed by atoms with E-state index in [2.05, 4.69) is 9.24 Å². The SMILES string of the molecule is O=C(C(=O)c1ccccc1)c1ccccc1.O=C(C(=O)c1ccccc1)c1ccccc1.O=C(C(=O)c1ccccc1P)c1ccccc1. The molecule has 1 atom stereocenters. The van der Waals surface area contributed by atoms with Crippen LogP contribution in [0, 0.1) is 0 Å². The topological polar surface area (TPSA) is 102 Å². The Morgan fingerprint density at radius 3 is 0.714 bits per heavy atom. The highest BCUT2D eigenvalue weighted by atomic mass is 31.0. The molecule has 0 bridgehead atoms. The fourth-order valence-corrected chi connectivity index (χ4v) is 4.77. The van der Waals surface area contributed by atoms with Gasteiger partial charge >= 0.3 is 0 Å². The summed E-state index contributed by atoms with van der Waals surface area (Å²) in [6.45, 7) is 0. The van der Waals surface area contributed by atoms with Gasteiger partial charge in [-0.05, 0) is 5.30 Å². The molecule has 0 aliphatic heterocycles. The van der Waals surface area contributed by atoms with Crippen LogP contribution in [0.25, 0.3) is 0 Å². The molecule has 6 aromatic carbocycles. The lowest BCUT2D eigenvalue weighted by Gasteiger charge is -2.03. The van der Waals surface area contributed by atoms with Crippen LogP contribution in [0.1, 0.15) is 62.1 Å². The molecule has 0 spiro atoms. The number of Topliss-reactive ketones (excluding diaryl/α,β-unsaturated/α-hetero) is 6. The Bertz CT molecular complexity index is 1850. The molecule has 240 valence electrons. The normalized spacial score (nSPS) is 9.82. The highest BCUT2D eigenvalue weighted by Crippen LogP contribution is 2.10. The summed E-state index contributed by atoms with van der Waals surface area (Å²) in [7, 11) is 2.46. The average Bonchev–Trinajstić information content (AvgIpc) is 3.18. The fourth-order valence-electron chi connectivity index (χ4n) is 4.43. The number of rotatable bonds is 9. The van der Waals surface area contributed by atoms with Crippen molar-refractivity contribution in [1.82, 2.24) is 0 Å². The van der Waals surface area contributed by atoms with E-state index in [9.17, 15) is 28.8 Å². The van der Waals surface area contributed by atoms with Gasteiger partial charge in [0.15, 0.2) is 0 Å². The van der Waals surface area contributed by atoms with Crippen LogP contribution >= 0.6 is 9.24 Å². The van der Waals surface area contributed by atoms with E-state index in [-0.39, 0.29) is 0 Å². The second-order valence-electron chi connectivity index (χ2n) is 10.4. The van der Waals surface area contributed by atoms with E-state index in [4.69, 9.17) is 0 Å². The van der Waals surface area contributed by atoms with Crippen molar-refractivity contribution < 1.29 is 28.8 Å². The van der Waals surface area contributed by atoms with Crippen molar-refractivity contribution in [1.29, 1.82) is 0 Å². The molecular weight excluding hydrogens is 631 g/mol. The molecule has 0 aromatic heterocycles. The van der Waals surface area contributed by atoms with Crippen LogP contribution in [0.15, 0.2) is 176 Å². The molecule has 0 aliphatic carbocycles. The van der Waals surface area contributed by atoms with Gasteiger partial charge in [0.2, 0.25) is 34.7 Å². The van der Waals surface area contributed by atoms with Crippen molar-refractivity contribution in [2.75, 3.05) is 0 Å². The first kappa shape index (κ1) is 35.6. The van der Waals surface area contributed by atoms with Gasteiger partial charge in [-0.25, -0.2) is 0 Å². The lowest BCUT2D eigenvalue weighted by molar-refractivity contribution is 0.0817. The maximum atomic E-state index is 12.0. The van der Waals surface area contributed by atoms with Crippen LogP contribution in [-0.2, 0) is 0 Å². The maximum Gasteiger partial charge on any atom is 0.234 e. The van der Waals surface area contributed by atoms with Gasteiger partial charge in [-0.1, -0.05) is 176 Å². The third kappa shape index (κ3) is 10.1. The second-order valence-corrected chi connectivity index (χ2v) is 11.0. The Morgan fingerprint density at radius 2 is 0.469 bits per heavy atom. The first-order valence-electron chi connectivity index (χ1n) is 15.1. The Kier molecular flexibility index (Phi) is 13.2. The quantitative estimate of drug-likeness (QED) is 0.0891. The molecule has 6 nitrogen and oxygen atoms in total. The van der Waals surface area contributed by atoms with E-state index in [0.29, 0.717) is 33.4 Å². The molecule has 1 unspecified atom stereocenters. The first-order valence-corrected chi connectivity index (χ1v) is 15.7. The van der Waals surface area contributed by atoms with Crippen molar-refractivity contribution in [2.45, 2.75) is 0 Å². The zero-order chi connectivity index (χ0) is 35.0. The van der Waals surface area contributed by atoms with E-state index in [1.54, 1.807) is 140 Å². The fraction of sp³-hybridized carbons (Fsp3) is 0. The summed E-state index contributed by atoms with van der Waals surface area (Å²) in [6.07, 6.45) is 0. The van der Waals surface area contributed by atoms with Crippen LogP contribution in [0.3, 0.4) is 0 Å². The predicted molar refractivity (Wildman–Crippen MR) is 194 cm³/mol. The molecule has 0 fully saturated rings. The molecule has 0 N–H and O–H groups in total. The molecule has 6 aromatic rings. The van der Waals surface area contributed by atoms with Gasteiger partial charge in [0.05, 0.1) is 0 Å². The Balaban J connectivity index is 0.000000166. The Hall–Kier alpha value is -6.23. The molecule has 0 aliphatic rings. The number of carbonyl (C=O) groups is 6. The summed E-state index contributed by atoms with van der Waals surface area (Å²) in [5.74, 6) is -2.81. The van der Waals surface area contributed by atoms with E-state index in [1.807, 2.05) is 36.4 Å². The molecule has 0 radical (unpaired) electrons. The summed E-state index contributed by atoms with van der Waals surface area (Å²) in [5.41, 5.74) is 2.57. The van der Waals surface area contributed by atoms with Crippen molar-refractivity contribution >= 4 is 49.2 Å². The highest BCUT2D eigenvalue weighted by Gasteiger charge is 2.20. The predicted octanol–water partition coefficient (Wildman–Crippen LogP) is 7.76. The van der Waals surface area contributed by atoms with Crippen LogP contribution < -0.4 is 5.30 Å². The number of carbonyl (C=O) groups excluding carboxylic acids is 6. The van der Waals surface area contributed by atoms with Crippen molar-refractivity contribution in [3.8, 4) is 0 Å². The summed E-state index contributed by atoms with van der Waals surface area (Å²) in [5, 5.41) is 0.738. The van der Waals surface area contributed by atoms with Gasteiger partial charge in [0, 0.05) is 33.4 Å².